The molecule has 116 valence electrons. The van der Waals surface area contributed by atoms with Crippen molar-refractivity contribution in [1.82, 2.24) is 0 Å². The molecular weight excluding hydrogens is 264 g/mol. The van der Waals surface area contributed by atoms with Crippen molar-refractivity contribution in [2.75, 3.05) is 24.2 Å². The van der Waals surface area contributed by atoms with Crippen molar-refractivity contribution in [2.45, 2.75) is 46.0 Å². The first kappa shape index (κ1) is 15.7. The van der Waals surface area contributed by atoms with E-state index >= 15 is 0 Å². The zero-order chi connectivity index (χ0) is 15.3. The van der Waals surface area contributed by atoms with E-state index < -0.39 is 0 Å². The Kier molecular flexibility index (Phi) is 5.10. The van der Waals surface area contributed by atoms with Crippen molar-refractivity contribution >= 4 is 17.3 Å². The summed E-state index contributed by atoms with van der Waals surface area (Å²) in [4.78, 5) is 12.0. The summed E-state index contributed by atoms with van der Waals surface area (Å²) < 4.78 is 5.11. The summed E-state index contributed by atoms with van der Waals surface area (Å²) in [5, 5.41) is 3.43. The molecule has 0 bridgehead atoms. The molecule has 0 spiro atoms. The van der Waals surface area contributed by atoms with Crippen molar-refractivity contribution < 1.29 is 9.53 Å². The summed E-state index contributed by atoms with van der Waals surface area (Å²) in [6, 6.07) is 5.37. The lowest BCUT2D eigenvalue weighted by molar-refractivity contribution is 0.0527. The number of hydrogen-bond donors (Lipinski definition) is 2. The maximum atomic E-state index is 12.0. The number of hydrogen-bond acceptors (Lipinski definition) is 4. The summed E-state index contributed by atoms with van der Waals surface area (Å²) in [6.45, 7) is 5.37. The summed E-state index contributed by atoms with van der Waals surface area (Å²) in [6.07, 6.45) is 6.41. The van der Waals surface area contributed by atoms with Crippen LogP contribution in [0.2, 0.25) is 0 Å². The lowest BCUT2D eigenvalue weighted by atomic mass is 9.75. The molecule has 1 aromatic carbocycles. The van der Waals surface area contributed by atoms with Gasteiger partial charge in [-0.3, -0.25) is 0 Å². The molecule has 1 saturated carbocycles. The molecule has 3 N–H and O–H groups in total. The summed E-state index contributed by atoms with van der Waals surface area (Å²) in [7, 11) is 0. The van der Waals surface area contributed by atoms with Gasteiger partial charge in [0.05, 0.1) is 12.2 Å². The van der Waals surface area contributed by atoms with Gasteiger partial charge in [-0.25, -0.2) is 4.79 Å². The molecule has 0 aromatic heterocycles. The van der Waals surface area contributed by atoms with Gasteiger partial charge in [-0.15, -0.1) is 0 Å². The molecule has 0 radical (unpaired) electrons. The normalized spacial score (nSPS) is 17.2. The standard InChI is InChI=1S/C17H26N2O2/c1-3-21-16(20)14-11-13(18)7-8-15(14)19-12-17(2)9-5-4-6-10-17/h7-8,11,19H,3-6,9-10,12,18H2,1-2H3. The van der Waals surface area contributed by atoms with Crippen LogP contribution in [0.1, 0.15) is 56.3 Å². The number of benzene rings is 1. The third-order valence-electron chi connectivity index (χ3n) is 4.31. The van der Waals surface area contributed by atoms with Crippen molar-refractivity contribution in [2.24, 2.45) is 5.41 Å². The largest absolute Gasteiger partial charge is 0.462 e. The Bertz CT molecular complexity index is 494. The lowest BCUT2D eigenvalue weighted by Crippen LogP contribution is -2.29. The zero-order valence-corrected chi connectivity index (χ0v) is 13.1. The van der Waals surface area contributed by atoms with Crippen LogP contribution in [-0.2, 0) is 4.74 Å². The molecule has 1 aliphatic carbocycles. The highest BCUT2D eigenvalue weighted by molar-refractivity contribution is 5.96. The monoisotopic (exact) mass is 290 g/mol. The average molecular weight is 290 g/mol. The second-order valence-corrected chi connectivity index (χ2v) is 6.25. The number of nitrogens with one attached hydrogen (secondary N) is 1. The first-order chi connectivity index (χ1) is 10.0. The van der Waals surface area contributed by atoms with Crippen LogP contribution in [0, 0.1) is 5.41 Å². The van der Waals surface area contributed by atoms with Crippen LogP contribution in [0.4, 0.5) is 11.4 Å². The van der Waals surface area contributed by atoms with Crippen LogP contribution in [-0.4, -0.2) is 19.1 Å². The number of carbonyl (C=O) groups is 1. The van der Waals surface area contributed by atoms with Crippen LogP contribution >= 0.6 is 0 Å². The molecule has 4 heteroatoms. The molecule has 2 rings (SSSR count). The van der Waals surface area contributed by atoms with Gasteiger partial charge in [-0.05, 0) is 43.4 Å². The van der Waals surface area contributed by atoms with Crippen LogP contribution in [0.25, 0.3) is 0 Å². The Morgan fingerprint density at radius 2 is 2.05 bits per heavy atom. The highest BCUT2D eigenvalue weighted by Gasteiger charge is 2.27. The van der Waals surface area contributed by atoms with Gasteiger partial charge in [-0.2, -0.15) is 0 Å². The molecule has 4 nitrogen and oxygen atoms in total. The minimum atomic E-state index is -0.318. The maximum absolute atomic E-state index is 12.0. The highest BCUT2D eigenvalue weighted by Crippen LogP contribution is 2.36. The molecule has 21 heavy (non-hydrogen) atoms. The van der Waals surface area contributed by atoms with E-state index in [0.717, 1.165) is 12.2 Å². The van der Waals surface area contributed by atoms with Crippen LogP contribution in [0.15, 0.2) is 18.2 Å². The lowest BCUT2D eigenvalue weighted by Gasteiger charge is -2.34. The third kappa shape index (κ3) is 4.13. The first-order valence-corrected chi connectivity index (χ1v) is 7.84. The molecule has 0 unspecified atom stereocenters. The van der Waals surface area contributed by atoms with Crippen molar-refractivity contribution in [1.29, 1.82) is 0 Å². The predicted molar refractivity (Wildman–Crippen MR) is 86.5 cm³/mol. The minimum absolute atomic E-state index is 0.311. The smallest absolute Gasteiger partial charge is 0.340 e. The Hall–Kier alpha value is -1.71. The number of anilines is 2. The quantitative estimate of drug-likeness (QED) is 0.639. The fourth-order valence-electron chi connectivity index (χ4n) is 2.98. The number of carbonyl (C=O) groups excluding carboxylic acids is 1. The summed E-state index contributed by atoms with van der Waals surface area (Å²) >= 11 is 0. The molecule has 0 aliphatic heterocycles. The van der Waals surface area contributed by atoms with Crippen LogP contribution < -0.4 is 11.1 Å². The van der Waals surface area contributed by atoms with Gasteiger partial charge >= 0.3 is 5.97 Å². The molecule has 0 heterocycles. The van der Waals surface area contributed by atoms with E-state index in [4.69, 9.17) is 10.5 Å². The van der Waals surface area contributed by atoms with Gasteiger partial charge in [-0.1, -0.05) is 26.2 Å². The second-order valence-electron chi connectivity index (χ2n) is 6.25. The van der Waals surface area contributed by atoms with E-state index in [1.165, 1.54) is 32.1 Å². The molecule has 0 amide bonds. The molecule has 1 aliphatic rings. The Morgan fingerprint density at radius 3 is 2.71 bits per heavy atom. The average Bonchev–Trinajstić information content (AvgIpc) is 2.47. The topological polar surface area (TPSA) is 64.3 Å². The highest BCUT2D eigenvalue weighted by atomic mass is 16.5. The Labute approximate surface area is 127 Å². The number of nitrogens with two attached hydrogens (primary N) is 1. The number of esters is 1. The van der Waals surface area contributed by atoms with Crippen molar-refractivity contribution in [3.05, 3.63) is 23.8 Å². The van der Waals surface area contributed by atoms with Crippen molar-refractivity contribution in [3.63, 3.8) is 0 Å². The fraction of sp³-hybridized carbons (Fsp3) is 0.588. The van der Waals surface area contributed by atoms with E-state index in [-0.39, 0.29) is 5.97 Å². The van der Waals surface area contributed by atoms with Gasteiger partial charge in [0.15, 0.2) is 0 Å². The third-order valence-corrected chi connectivity index (χ3v) is 4.31. The van der Waals surface area contributed by atoms with Gasteiger partial charge in [0.1, 0.15) is 0 Å². The van der Waals surface area contributed by atoms with E-state index in [1.807, 2.05) is 12.1 Å². The second kappa shape index (κ2) is 6.83. The zero-order valence-electron chi connectivity index (χ0n) is 13.1. The fourth-order valence-corrected chi connectivity index (χ4v) is 2.98. The van der Waals surface area contributed by atoms with Gasteiger partial charge in [0.2, 0.25) is 0 Å². The summed E-state index contributed by atoms with van der Waals surface area (Å²) in [5.74, 6) is -0.318. The number of nitrogen functional groups attached to an aromatic ring is 1. The molecule has 1 fully saturated rings. The molecule has 0 atom stereocenters. The maximum Gasteiger partial charge on any atom is 0.340 e. The molecule has 1 aromatic rings. The predicted octanol–water partition coefficient (Wildman–Crippen LogP) is 3.83. The van der Waals surface area contributed by atoms with Gasteiger partial charge < -0.3 is 15.8 Å². The van der Waals surface area contributed by atoms with Gasteiger partial charge in [0.25, 0.3) is 0 Å². The van der Waals surface area contributed by atoms with E-state index in [0.29, 0.717) is 23.3 Å². The van der Waals surface area contributed by atoms with Crippen LogP contribution in [0.5, 0.6) is 0 Å². The van der Waals surface area contributed by atoms with E-state index in [2.05, 4.69) is 12.2 Å². The van der Waals surface area contributed by atoms with Gasteiger partial charge in [0, 0.05) is 17.9 Å². The van der Waals surface area contributed by atoms with Crippen molar-refractivity contribution in [3.8, 4) is 0 Å². The van der Waals surface area contributed by atoms with E-state index in [1.54, 1.807) is 13.0 Å². The Balaban J connectivity index is 2.10. The number of rotatable bonds is 5. The Morgan fingerprint density at radius 1 is 1.33 bits per heavy atom. The first-order valence-electron chi connectivity index (χ1n) is 7.84. The van der Waals surface area contributed by atoms with E-state index in [9.17, 15) is 4.79 Å². The SMILES string of the molecule is CCOC(=O)c1cc(N)ccc1NCC1(C)CCCCC1. The summed E-state index contributed by atoms with van der Waals surface area (Å²) in [5.41, 5.74) is 8.02. The number of ether oxygens (including phenoxy) is 1. The minimum Gasteiger partial charge on any atom is -0.462 e. The van der Waals surface area contributed by atoms with Crippen LogP contribution in [0.3, 0.4) is 0 Å². The molecular formula is C17H26N2O2. The molecule has 0 saturated heterocycles.